The van der Waals surface area contributed by atoms with Gasteiger partial charge in [0.2, 0.25) is 0 Å². The van der Waals surface area contributed by atoms with Crippen LogP contribution in [0.25, 0.3) is 0 Å². The van der Waals surface area contributed by atoms with E-state index in [1.165, 1.54) is 46.2 Å². The van der Waals surface area contributed by atoms with E-state index in [4.69, 9.17) is 33.2 Å². The van der Waals surface area contributed by atoms with Crippen LogP contribution in [-0.2, 0) is 57.1 Å². The zero-order valence-electron chi connectivity index (χ0n) is 33.9. The van der Waals surface area contributed by atoms with Gasteiger partial charge in [-0.1, -0.05) is 59.8 Å². The van der Waals surface area contributed by atoms with Gasteiger partial charge in [0.25, 0.3) is 0 Å². The summed E-state index contributed by atoms with van der Waals surface area (Å²) < 4.78 is 42.9. The molecule has 14 nitrogen and oxygen atoms in total. The molecule has 0 saturated heterocycles. The third kappa shape index (κ3) is 11.3. The number of ether oxygens (including phenoxy) is 7. The van der Waals surface area contributed by atoms with E-state index in [-0.39, 0.29) is 36.7 Å². The number of hydrogen-bond acceptors (Lipinski definition) is 14. The minimum absolute atomic E-state index is 0.0689. The molecule has 304 valence electrons. The van der Waals surface area contributed by atoms with E-state index in [1.54, 1.807) is 52.0 Å². The molecule has 0 bridgehead atoms. The van der Waals surface area contributed by atoms with Crippen LogP contribution < -0.4 is 0 Å². The van der Waals surface area contributed by atoms with Gasteiger partial charge >= 0.3 is 29.8 Å². The van der Waals surface area contributed by atoms with Gasteiger partial charge in [-0.2, -0.15) is 0 Å². The van der Waals surface area contributed by atoms with Gasteiger partial charge in [-0.3, -0.25) is 29.0 Å². The predicted molar refractivity (Wildman–Crippen MR) is 198 cm³/mol. The Labute approximate surface area is 323 Å². The Hall–Kier alpha value is -4.43. The number of hydrogen-bond donors (Lipinski definition) is 0. The third-order valence-electron chi connectivity index (χ3n) is 9.50. The molecule has 1 unspecified atom stereocenters. The van der Waals surface area contributed by atoms with Crippen LogP contribution in [0.2, 0.25) is 0 Å². The third-order valence-corrected chi connectivity index (χ3v) is 9.50. The van der Waals surface area contributed by atoms with Crippen molar-refractivity contribution in [2.24, 2.45) is 23.2 Å². The summed E-state index contributed by atoms with van der Waals surface area (Å²) in [5.74, 6) is -6.28. The number of carbonyl (C=O) groups excluding carboxylic acids is 6. The fourth-order valence-corrected chi connectivity index (χ4v) is 7.29. The average molecular weight is 772 g/mol. The first-order valence-corrected chi connectivity index (χ1v) is 18.7. The maximum atomic E-state index is 15.0. The largest absolute Gasteiger partial charge is 0.461 e. The molecule has 1 aromatic heterocycles. The molecule has 0 spiro atoms. The number of esters is 5. The van der Waals surface area contributed by atoms with Gasteiger partial charge in [-0.25, -0.2) is 4.79 Å². The summed E-state index contributed by atoms with van der Waals surface area (Å²) >= 11 is 0. The first kappa shape index (κ1) is 45.0. The summed E-state index contributed by atoms with van der Waals surface area (Å²) in [6.07, 6.45) is 2.94. The number of allylic oxidation sites excluding steroid dienone is 1. The molecule has 0 aliphatic heterocycles. The Kier molecular flexibility index (Phi) is 15.5. The molecule has 0 amide bonds. The summed E-state index contributed by atoms with van der Waals surface area (Å²) in [7, 11) is 0. The van der Waals surface area contributed by atoms with Crippen molar-refractivity contribution in [3.63, 3.8) is 0 Å². The van der Waals surface area contributed by atoms with Crippen molar-refractivity contribution < 1.29 is 61.9 Å². The smallest absolute Gasteiger partial charge is 0.340 e. The number of aromatic nitrogens is 1. The average Bonchev–Trinajstić information content (AvgIpc) is 3.30. The number of carbonyl (C=O) groups is 6. The minimum atomic E-state index is -1.98. The topological polar surface area (TPSA) is 180 Å². The lowest BCUT2D eigenvalue weighted by Gasteiger charge is -2.42. The molecule has 1 fully saturated rings. The van der Waals surface area contributed by atoms with Crippen LogP contribution in [0.1, 0.15) is 99.4 Å². The Bertz CT molecular complexity index is 1620. The molecule has 0 aromatic carbocycles. The zero-order chi connectivity index (χ0) is 41.3. The highest BCUT2D eigenvalue weighted by Crippen LogP contribution is 2.52. The highest BCUT2D eigenvalue weighted by Gasteiger charge is 2.67. The van der Waals surface area contributed by atoms with Gasteiger partial charge in [0, 0.05) is 71.1 Å². The highest BCUT2D eigenvalue weighted by atomic mass is 16.6. The first-order chi connectivity index (χ1) is 25.7. The molecule has 1 heterocycles. The summed E-state index contributed by atoms with van der Waals surface area (Å²) in [5.41, 5.74) is -4.35. The van der Waals surface area contributed by atoms with Crippen LogP contribution in [0, 0.1) is 23.2 Å². The van der Waals surface area contributed by atoms with E-state index in [0.717, 1.165) is 0 Å². The molecule has 0 N–H and O–H groups in total. The van der Waals surface area contributed by atoms with E-state index < -0.39 is 95.1 Å². The Morgan fingerprint density at radius 2 is 1.58 bits per heavy atom. The normalized spacial score (nSPS) is 30.7. The number of pyridine rings is 1. The Morgan fingerprint density at radius 1 is 0.909 bits per heavy atom. The monoisotopic (exact) mass is 771 g/mol. The van der Waals surface area contributed by atoms with Crippen LogP contribution in [0.4, 0.5) is 0 Å². The van der Waals surface area contributed by atoms with Gasteiger partial charge in [0.1, 0.15) is 24.4 Å². The number of fused-ring (bicyclic) bond motifs is 1. The lowest BCUT2D eigenvalue weighted by molar-refractivity contribution is -0.174. The predicted octanol–water partition coefficient (Wildman–Crippen LogP) is 5.31. The fraction of sp³-hybridized carbons (Fsp3) is 0.634. The molecule has 2 aliphatic rings. The van der Waals surface area contributed by atoms with Crippen LogP contribution in [0.15, 0.2) is 48.3 Å². The molecule has 3 rings (SSSR count). The number of Topliss-reactive ketones (excluding diaryl/α,β-unsaturated/α-hetero) is 1. The van der Waals surface area contributed by atoms with Crippen molar-refractivity contribution in [2.45, 2.75) is 125 Å². The quantitative estimate of drug-likeness (QED) is 0.143. The molecule has 1 aromatic rings. The minimum Gasteiger partial charge on any atom is -0.461 e. The summed E-state index contributed by atoms with van der Waals surface area (Å²) in [5, 5.41) is 0. The number of nitrogens with zero attached hydrogens (tertiary/aromatic N) is 1. The second-order valence-corrected chi connectivity index (χ2v) is 15.5. The van der Waals surface area contributed by atoms with Gasteiger partial charge in [-0.15, -0.1) is 0 Å². The fourth-order valence-electron chi connectivity index (χ4n) is 7.29. The van der Waals surface area contributed by atoms with Gasteiger partial charge < -0.3 is 33.2 Å². The van der Waals surface area contributed by atoms with Crippen molar-refractivity contribution in [3.8, 4) is 0 Å². The molecule has 1 saturated carbocycles. The van der Waals surface area contributed by atoms with Crippen molar-refractivity contribution in [3.05, 3.63) is 53.9 Å². The molecule has 14 heteroatoms. The number of rotatable bonds is 13. The second-order valence-electron chi connectivity index (χ2n) is 15.5. The molecule has 0 radical (unpaired) electrons. The molecule has 55 heavy (non-hydrogen) atoms. The molecule has 2 aliphatic carbocycles. The standard InChI is InChI=1S/C41H57NO13/c1-12-18-49-36-32-19-31(22-50-26(5)43)33(51-21-24(2)3)34(52-27(6)44)37(53-38(48)30-14-13-17-42-20-30)39(9,10)16-15-25(4)35(47)41(32,55-29(8)46)23-40(36,11)54-28(7)45/h13-17,19-20,24-25,32-34,36-37H,12,18,21-23H2,1-11H3/b16-15-,31-19+/t25-,32+,33+,34-,36-,37?,40-,41-/m1/s1. The molecular formula is C41H57NO13. The van der Waals surface area contributed by atoms with E-state index >= 15 is 0 Å². The molecule has 8 atom stereocenters. The zero-order valence-corrected chi connectivity index (χ0v) is 33.9. The Morgan fingerprint density at radius 3 is 2.13 bits per heavy atom. The lowest BCUT2D eigenvalue weighted by atomic mass is 9.75. The van der Waals surface area contributed by atoms with E-state index in [9.17, 15) is 28.8 Å². The molecular weight excluding hydrogens is 714 g/mol. The second kappa shape index (κ2) is 18.9. The first-order valence-electron chi connectivity index (χ1n) is 18.7. The summed E-state index contributed by atoms with van der Waals surface area (Å²) in [6.45, 7) is 17.1. The van der Waals surface area contributed by atoms with Gasteiger partial charge in [-0.05, 0) is 37.0 Å². The van der Waals surface area contributed by atoms with Gasteiger partial charge in [0.15, 0.2) is 23.6 Å². The summed E-state index contributed by atoms with van der Waals surface area (Å²) in [6, 6.07) is 3.10. The van der Waals surface area contributed by atoms with Crippen molar-refractivity contribution in [2.75, 3.05) is 19.8 Å². The lowest BCUT2D eigenvalue weighted by Crippen LogP contribution is -2.54. The van der Waals surface area contributed by atoms with Crippen LogP contribution in [-0.4, -0.2) is 96.1 Å². The van der Waals surface area contributed by atoms with Gasteiger partial charge in [0.05, 0.1) is 11.5 Å². The van der Waals surface area contributed by atoms with E-state index in [2.05, 4.69) is 4.98 Å². The summed E-state index contributed by atoms with van der Waals surface area (Å²) in [4.78, 5) is 84.0. The maximum Gasteiger partial charge on any atom is 0.340 e. The van der Waals surface area contributed by atoms with Crippen molar-refractivity contribution in [1.82, 2.24) is 4.98 Å². The van der Waals surface area contributed by atoms with E-state index in [0.29, 0.717) is 6.42 Å². The Balaban J connectivity index is 2.54. The van der Waals surface area contributed by atoms with Crippen LogP contribution in [0.5, 0.6) is 0 Å². The van der Waals surface area contributed by atoms with Crippen LogP contribution in [0.3, 0.4) is 0 Å². The van der Waals surface area contributed by atoms with Crippen LogP contribution >= 0.6 is 0 Å². The number of ketones is 1. The highest BCUT2D eigenvalue weighted by molar-refractivity contribution is 5.94. The van der Waals surface area contributed by atoms with Crippen molar-refractivity contribution in [1.29, 1.82) is 0 Å². The van der Waals surface area contributed by atoms with E-state index in [1.807, 2.05) is 20.8 Å². The van der Waals surface area contributed by atoms with Crippen molar-refractivity contribution >= 4 is 35.6 Å². The maximum absolute atomic E-state index is 15.0. The SMILES string of the molecule is CCCO[C@@H]1[C@@H]2/C=C(\COC(C)=O)[C@H](OCC(C)C)[C@@H](OC(C)=O)C(OC(=O)c3cccnc3)C(C)(C)/C=C\[C@@H](C)C(=O)[C@@]2(OC(C)=O)C[C@@]1(C)OC(C)=O.